The summed E-state index contributed by atoms with van der Waals surface area (Å²) in [6, 6.07) is 1.52. The molecule has 0 spiro atoms. The molecule has 0 atom stereocenters. The van der Waals surface area contributed by atoms with Crippen molar-refractivity contribution < 1.29 is 9.53 Å². The number of hydrogen-bond acceptors (Lipinski definition) is 4. The van der Waals surface area contributed by atoms with Gasteiger partial charge in [0.1, 0.15) is 5.69 Å². The van der Waals surface area contributed by atoms with Gasteiger partial charge < -0.3 is 10.5 Å². The van der Waals surface area contributed by atoms with Crippen LogP contribution in [0, 0.1) is 11.8 Å². The molecule has 1 aromatic heterocycles. The fourth-order valence-corrected chi connectivity index (χ4v) is 1.03. The highest BCUT2D eigenvalue weighted by atomic mass is 16.5. The number of nitrogen functional groups attached to an aromatic ring is 1. The van der Waals surface area contributed by atoms with Crippen LogP contribution in [0.25, 0.3) is 0 Å². The Morgan fingerprint density at radius 1 is 1.67 bits per heavy atom. The topological polar surface area (TPSA) is 65.2 Å². The number of anilines is 1. The molecule has 0 fully saturated rings. The minimum Gasteiger partial charge on any atom is -0.462 e. The Labute approximate surface area is 88.5 Å². The quantitative estimate of drug-likeness (QED) is 0.581. The number of carbonyl (C=O) groups is 1. The Bertz CT molecular complexity index is 430. The number of nitrogens with two attached hydrogens (primary N) is 1. The van der Waals surface area contributed by atoms with E-state index in [0.717, 1.165) is 0 Å². The third-order valence-electron chi connectivity index (χ3n) is 1.67. The molecule has 0 saturated carbocycles. The van der Waals surface area contributed by atoms with Crippen molar-refractivity contribution in [3.05, 3.63) is 23.5 Å². The van der Waals surface area contributed by atoms with Crippen molar-refractivity contribution in [3.63, 3.8) is 0 Å². The van der Waals surface area contributed by atoms with Gasteiger partial charge in [0.05, 0.1) is 17.9 Å². The number of ether oxygens (including phenoxy) is 1. The van der Waals surface area contributed by atoms with Crippen molar-refractivity contribution in [1.82, 2.24) is 4.98 Å². The summed E-state index contributed by atoms with van der Waals surface area (Å²) in [5.74, 6) is 5.00. The molecule has 15 heavy (non-hydrogen) atoms. The van der Waals surface area contributed by atoms with E-state index in [9.17, 15) is 4.79 Å². The van der Waals surface area contributed by atoms with Crippen LogP contribution in [0.1, 0.15) is 29.9 Å². The molecule has 2 N–H and O–H groups in total. The minimum atomic E-state index is -0.423. The Hall–Kier alpha value is -2.02. The van der Waals surface area contributed by atoms with E-state index in [4.69, 9.17) is 10.5 Å². The number of nitrogens with zero attached hydrogens (tertiary/aromatic N) is 1. The molecule has 0 aliphatic carbocycles. The average Bonchev–Trinajstić information content (AvgIpc) is 2.21. The first-order valence-corrected chi connectivity index (χ1v) is 4.54. The first kappa shape index (κ1) is 11.1. The lowest BCUT2D eigenvalue weighted by Crippen LogP contribution is -2.07. The predicted octanol–water partition coefficient (Wildman–Crippen LogP) is 1.21. The number of carbonyl (C=O) groups excluding carboxylic acids is 1. The third kappa shape index (κ3) is 2.71. The molecule has 4 nitrogen and oxygen atoms in total. The fourth-order valence-electron chi connectivity index (χ4n) is 1.03. The van der Waals surface area contributed by atoms with Crippen molar-refractivity contribution in [2.75, 3.05) is 12.3 Å². The molecular weight excluding hydrogens is 192 g/mol. The average molecular weight is 204 g/mol. The van der Waals surface area contributed by atoms with Crippen LogP contribution in [0.4, 0.5) is 5.69 Å². The maximum Gasteiger partial charge on any atom is 0.339 e. The second kappa shape index (κ2) is 5.01. The van der Waals surface area contributed by atoms with Gasteiger partial charge in [0.2, 0.25) is 0 Å². The van der Waals surface area contributed by atoms with E-state index < -0.39 is 5.97 Å². The molecule has 1 heterocycles. The molecule has 0 amide bonds. The summed E-state index contributed by atoms with van der Waals surface area (Å²) >= 11 is 0. The van der Waals surface area contributed by atoms with Crippen LogP contribution in [0.2, 0.25) is 0 Å². The van der Waals surface area contributed by atoms with Crippen LogP contribution in [-0.2, 0) is 4.74 Å². The summed E-state index contributed by atoms with van der Waals surface area (Å²) in [7, 11) is 0. The fraction of sp³-hybridized carbons (Fsp3) is 0.273. The zero-order valence-electron chi connectivity index (χ0n) is 8.70. The molecule has 0 aromatic carbocycles. The predicted molar refractivity (Wildman–Crippen MR) is 57.2 cm³/mol. The number of aromatic nitrogens is 1. The van der Waals surface area contributed by atoms with Gasteiger partial charge in [-0.25, -0.2) is 9.78 Å². The van der Waals surface area contributed by atoms with Gasteiger partial charge in [-0.05, 0) is 25.8 Å². The van der Waals surface area contributed by atoms with Crippen LogP contribution < -0.4 is 5.73 Å². The van der Waals surface area contributed by atoms with E-state index in [1.807, 2.05) is 0 Å². The Kier molecular flexibility index (Phi) is 3.69. The summed E-state index contributed by atoms with van der Waals surface area (Å²) in [6.07, 6.45) is 1.41. The Morgan fingerprint density at radius 2 is 2.40 bits per heavy atom. The summed E-state index contributed by atoms with van der Waals surface area (Å²) in [4.78, 5) is 15.3. The molecular formula is C11H12N2O2. The van der Waals surface area contributed by atoms with Gasteiger partial charge in [0.15, 0.2) is 0 Å². The SMILES string of the molecule is CC#Cc1ncc(C(=O)OCC)cc1N. The number of esters is 1. The lowest BCUT2D eigenvalue weighted by atomic mass is 10.2. The van der Waals surface area contributed by atoms with Crippen molar-refractivity contribution >= 4 is 11.7 Å². The van der Waals surface area contributed by atoms with E-state index in [2.05, 4.69) is 16.8 Å². The molecule has 1 rings (SSSR count). The smallest absolute Gasteiger partial charge is 0.339 e. The second-order valence-electron chi connectivity index (χ2n) is 2.76. The van der Waals surface area contributed by atoms with Gasteiger partial charge in [0.25, 0.3) is 0 Å². The highest BCUT2D eigenvalue weighted by Crippen LogP contribution is 2.10. The summed E-state index contributed by atoms with van der Waals surface area (Å²) < 4.78 is 4.81. The maximum atomic E-state index is 11.3. The van der Waals surface area contributed by atoms with Crippen molar-refractivity contribution in [1.29, 1.82) is 0 Å². The largest absolute Gasteiger partial charge is 0.462 e. The van der Waals surface area contributed by atoms with Crippen LogP contribution in [0.3, 0.4) is 0 Å². The molecule has 0 radical (unpaired) electrons. The molecule has 0 bridgehead atoms. The molecule has 4 heteroatoms. The van der Waals surface area contributed by atoms with Gasteiger partial charge >= 0.3 is 5.97 Å². The molecule has 0 aliphatic heterocycles. The van der Waals surface area contributed by atoms with Crippen molar-refractivity contribution in [2.24, 2.45) is 0 Å². The zero-order chi connectivity index (χ0) is 11.3. The third-order valence-corrected chi connectivity index (χ3v) is 1.67. The van der Waals surface area contributed by atoms with Crippen LogP contribution in [-0.4, -0.2) is 17.6 Å². The number of pyridine rings is 1. The minimum absolute atomic E-state index is 0.329. The molecule has 1 aromatic rings. The van der Waals surface area contributed by atoms with Crippen LogP contribution in [0.5, 0.6) is 0 Å². The van der Waals surface area contributed by atoms with Crippen molar-refractivity contribution in [2.45, 2.75) is 13.8 Å². The zero-order valence-corrected chi connectivity index (χ0v) is 8.70. The monoisotopic (exact) mass is 204 g/mol. The van der Waals surface area contributed by atoms with Gasteiger partial charge in [-0.3, -0.25) is 0 Å². The van der Waals surface area contributed by atoms with E-state index >= 15 is 0 Å². The van der Waals surface area contributed by atoms with E-state index in [0.29, 0.717) is 23.6 Å². The second-order valence-corrected chi connectivity index (χ2v) is 2.76. The summed E-state index contributed by atoms with van der Waals surface area (Å²) in [5, 5.41) is 0. The van der Waals surface area contributed by atoms with Gasteiger partial charge in [-0.15, -0.1) is 0 Å². The normalized spacial score (nSPS) is 8.93. The molecule has 78 valence electrons. The standard InChI is InChI=1S/C11H12N2O2/c1-3-5-10-9(12)6-8(7-13-10)11(14)15-4-2/h6-7H,4,12H2,1-2H3. The van der Waals surface area contributed by atoms with E-state index in [-0.39, 0.29) is 0 Å². The van der Waals surface area contributed by atoms with Crippen LogP contribution >= 0.6 is 0 Å². The summed E-state index contributed by atoms with van der Waals surface area (Å²) in [5.41, 5.74) is 6.87. The number of hydrogen-bond donors (Lipinski definition) is 1. The molecule has 0 aliphatic rings. The van der Waals surface area contributed by atoms with E-state index in [1.165, 1.54) is 12.3 Å². The lowest BCUT2D eigenvalue weighted by Gasteiger charge is -2.03. The summed E-state index contributed by atoms with van der Waals surface area (Å²) in [6.45, 7) is 3.77. The molecule has 0 saturated heterocycles. The Balaban J connectivity index is 2.99. The van der Waals surface area contributed by atoms with Gasteiger partial charge in [0, 0.05) is 6.20 Å². The van der Waals surface area contributed by atoms with Crippen LogP contribution in [0.15, 0.2) is 12.3 Å². The maximum absolute atomic E-state index is 11.3. The molecule has 0 unspecified atom stereocenters. The Morgan fingerprint density at radius 3 is 2.93 bits per heavy atom. The van der Waals surface area contributed by atoms with Gasteiger partial charge in [-0.2, -0.15) is 0 Å². The highest BCUT2D eigenvalue weighted by Gasteiger charge is 2.08. The van der Waals surface area contributed by atoms with Crippen molar-refractivity contribution in [3.8, 4) is 11.8 Å². The lowest BCUT2D eigenvalue weighted by molar-refractivity contribution is 0.0526. The first-order valence-electron chi connectivity index (χ1n) is 4.54. The first-order chi connectivity index (χ1) is 7.19. The van der Waals surface area contributed by atoms with Gasteiger partial charge in [-0.1, -0.05) is 5.92 Å². The highest BCUT2D eigenvalue weighted by molar-refractivity contribution is 5.90. The number of rotatable bonds is 2. The van der Waals surface area contributed by atoms with E-state index in [1.54, 1.807) is 13.8 Å².